The van der Waals surface area contributed by atoms with E-state index in [1.807, 2.05) is 64.1 Å². The van der Waals surface area contributed by atoms with Gasteiger partial charge in [0, 0.05) is 5.69 Å². The fourth-order valence-electron chi connectivity index (χ4n) is 5.65. The lowest BCUT2D eigenvalue weighted by Crippen LogP contribution is -2.46. The molecule has 0 saturated heterocycles. The van der Waals surface area contributed by atoms with Crippen molar-refractivity contribution in [3.8, 4) is 16.9 Å². The Bertz CT molecular complexity index is 1390. The molecule has 0 bridgehead atoms. The number of aryl methyl sites for hydroxylation is 3. The van der Waals surface area contributed by atoms with E-state index < -0.39 is 23.9 Å². The van der Waals surface area contributed by atoms with Crippen LogP contribution in [0, 0.1) is 26.7 Å². The van der Waals surface area contributed by atoms with Gasteiger partial charge in [0.25, 0.3) is 5.91 Å². The summed E-state index contributed by atoms with van der Waals surface area (Å²) in [4.78, 5) is 38.9. The molecular formula is C33H39N3O5. The normalized spacial score (nSPS) is 14.1. The third-order valence-corrected chi connectivity index (χ3v) is 7.60. The van der Waals surface area contributed by atoms with E-state index in [9.17, 15) is 19.5 Å². The van der Waals surface area contributed by atoms with E-state index in [2.05, 4.69) is 16.0 Å². The number of carboxylic acid groups (broad SMARTS) is 1. The molecule has 0 heterocycles. The highest BCUT2D eigenvalue weighted by atomic mass is 16.5. The molecule has 8 nitrogen and oxygen atoms in total. The largest absolute Gasteiger partial charge is 0.494 e. The first kappa shape index (κ1) is 29.6. The Balaban J connectivity index is 1.64. The maximum atomic E-state index is 13.5. The number of hydrogen-bond donors (Lipinski definition) is 4. The summed E-state index contributed by atoms with van der Waals surface area (Å²) in [6.45, 7) is 8.34. The molecule has 3 aromatic carbocycles. The maximum Gasteiger partial charge on any atom is 0.326 e. The van der Waals surface area contributed by atoms with Gasteiger partial charge in [0.05, 0.1) is 17.9 Å². The average molecular weight is 558 g/mol. The van der Waals surface area contributed by atoms with Crippen LogP contribution in [0.4, 0.5) is 16.2 Å². The molecule has 1 aliphatic carbocycles. The fraction of sp³-hybridized carbons (Fsp3) is 0.364. The minimum Gasteiger partial charge on any atom is -0.494 e. The molecule has 216 valence electrons. The van der Waals surface area contributed by atoms with E-state index in [-0.39, 0.29) is 17.2 Å². The van der Waals surface area contributed by atoms with Crippen LogP contribution in [0.5, 0.6) is 5.75 Å². The Morgan fingerprint density at radius 1 is 0.878 bits per heavy atom. The van der Waals surface area contributed by atoms with E-state index >= 15 is 0 Å². The van der Waals surface area contributed by atoms with Crippen molar-refractivity contribution in [2.75, 3.05) is 17.2 Å². The predicted octanol–water partition coefficient (Wildman–Crippen LogP) is 7.08. The van der Waals surface area contributed by atoms with Gasteiger partial charge in [0.15, 0.2) is 0 Å². The van der Waals surface area contributed by atoms with Crippen molar-refractivity contribution in [2.24, 2.45) is 5.92 Å². The molecule has 0 spiro atoms. The minimum absolute atomic E-state index is 0.125. The first-order valence-electron chi connectivity index (χ1n) is 14.2. The summed E-state index contributed by atoms with van der Waals surface area (Å²) in [5.41, 5.74) is 5.77. The lowest BCUT2D eigenvalue weighted by atomic mass is 9.83. The number of carbonyl (C=O) groups is 3. The summed E-state index contributed by atoms with van der Waals surface area (Å²) in [7, 11) is 0. The number of carbonyl (C=O) groups excluding carboxylic acids is 2. The Labute approximate surface area is 241 Å². The van der Waals surface area contributed by atoms with Crippen molar-refractivity contribution in [3.63, 3.8) is 0 Å². The molecule has 41 heavy (non-hydrogen) atoms. The number of anilines is 2. The highest BCUT2D eigenvalue weighted by Crippen LogP contribution is 2.30. The first-order valence-corrected chi connectivity index (χ1v) is 14.2. The highest BCUT2D eigenvalue weighted by Gasteiger charge is 2.31. The number of ether oxygens (including phenoxy) is 1. The van der Waals surface area contributed by atoms with E-state index in [1.54, 1.807) is 18.2 Å². The Kier molecular flexibility index (Phi) is 9.65. The van der Waals surface area contributed by atoms with E-state index in [1.165, 1.54) is 0 Å². The summed E-state index contributed by atoms with van der Waals surface area (Å²) in [5, 5.41) is 18.4. The maximum absolute atomic E-state index is 13.5. The Hall–Kier alpha value is -4.33. The third kappa shape index (κ3) is 7.45. The number of rotatable bonds is 9. The zero-order chi connectivity index (χ0) is 29.5. The first-order chi connectivity index (χ1) is 19.7. The number of amides is 3. The topological polar surface area (TPSA) is 117 Å². The molecule has 3 aromatic rings. The van der Waals surface area contributed by atoms with Crippen LogP contribution in [0.15, 0.2) is 54.6 Å². The summed E-state index contributed by atoms with van der Waals surface area (Å²) in [6, 6.07) is 15.2. The molecule has 1 atom stereocenters. The van der Waals surface area contributed by atoms with E-state index in [0.717, 1.165) is 65.7 Å². The second-order valence-corrected chi connectivity index (χ2v) is 10.8. The minimum atomic E-state index is -1.05. The zero-order valence-electron chi connectivity index (χ0n) is 24.2. The van der Waals surface area contributed by atoms with Gasteiger partial charge in [-0.1, -0.05) is 55.2 Å². The van der Waals surface area contributed by atoms with Gasteiger partial charge in [0.1, 0.15) is 11.8 Å². The van der Waals surface area contributed by atoms with Crippen molar-refractivity contribution in [2.45, 2.75) is 65.8 Å². The smallest absolute Gasteiger partial charge is 0.326 e. The van der Waals surface area contributed by atoms with Crippen LogP contribution in [-0.2, 0) is 4.79 Å². The Morgan fingerprint density at radius 3 is 2.12 bits per heavy atom. The standard InChI is InChI=1S/C33H39N3O5/c1-5-41-26-14-11-23(12-15-26)25-13-16-27(31(37)35-30(32(38)39)24-9-7-6-8-10-24)28(19-25)34-33(40)36-29-21(3)17-20(2)18-22(29)4/h11-19,24,30H,5-10H2,1-4H3,(H,35,37)(H,38,39)(H2,34,36,40). The molecule has 0 radical (unpaired) electrons. The summed E-state index contributed by atoms with van der Waals surface area (Å²) >= 11 is 0. The number of aliphatic carboxylic acids is 1. The van der Waals surface area contributed by atoms with Crippen LogP contribution >= 0.6 is 0 Å². The van der Waals surface area contributed by atoms with Crippen molar-refractivity contribution in [1.29, 1.82) is 0 Å². The van der Waals surface area contributed by atoms with Crippen LogP contribution in [0.1, 0.15) is 66.1 Å². The molecule has 3 amide bonds. The predicted molar refractivity (Wildman–Crippen MR) is 162 cm³/mol. The molecule has 0 aromatic heterocycles. The van der Waals surface area contributed by atoms with Gasteiger partial charge < -0.3 is 25.8 Å². The van der Waals surface area contributed by atoms with Crippen LogP contribution in [0.3, 0.4) is 0 Å². The Morgan fingerprint density at radius 2 is 1.51 bits per heavy atom. The third-order valence-electron chi connectivity index (χ3n) is 7.60. The van der Waals surface area contributed by atoms with E-state index in [0.29, 0.717) is 12.3 Å². The molecule has 1 aliphatic rings. The van der Waals surface area contributed by atoms with Gasteiger partial charge in [-0.05, 0) is 93.0 Å². The van der Waals surface area contributed by atoms with Gasteiger partial charge in [-0.25, -0.2) is 9.59 Å². The summed E-state index contributed by atoms with van der Waals surface area (Å²) < 4.78 is 5.55. The number of nitrogens with one attached hydrogen (secondary N) is 3. The molecule has 1 saturated carbocycles. The molecular weight excluding hydrogens is 518 g/mol. The van der Waals surface area contributed by atoms with Crippen molar-refractivity contribution in [3.05, 3.63) is 76.9 Å². The van der Waals surface area contributed by atoms with Crippen molar-refractivity contribution in [1.82, 2.24) is 5.32 Å². The molecule has 1 fully saturated rings. The van der Waals surface area contributed by atoms with Crippen LogP contribution in [-0.4, -0.2) is 35.7 Å². The fourth-order valence-corrected chi connectivity index (χ4v) is 5.65. The number of carboxylic acids is 1. The van der Waals surface area contributed by atoms with Gasteiger partial charge in [0.2, 0.25) is 0 Å². The van der Waals surface area contributed by atoms with Gasteiger partial charge in [-0.15, -0.1) is 0 Å². The second-order valence-electron chi connectivity index (χ2n) is 10.8. The molecule has 1 unspecified atom stereocenters. The van der Waals surface area contributed by atoms with Crippen molar-refractivity contribution >= 4 is 29.3 Å². The second kappa shape index (κ2) is 13.4. The average Bonchev–Trinajstić information content (AvgIpc) is 2.94. The number of hydrogen-bond acceptors (Lipinski definition) is 4. The van der Waals surface area contributed by atoms with Crippen molar-refractivity contribution < 1.29 is 24.2 Å². The molecule has 4 N–H and O–H groups in total. The van der Waals surface area contributed by atoms with E-state index in [4.69, 9.17) is 4.74 Å². The molecule has 4 rings (SSSR count). The van der Waals surface area contributed by atoms with Gasteiger partial charge >= 0.3 is 12.0 Å². The highest BCUT2D eigenvalue weighted by molar-refractivity contribution is 6.08. The lowest BCUT2D eigenvalue weighted by Gasteiger charge is -2.28. The lowest BCUT2D eigenvalue weighted by molar-refractivity contribution is -0.141. The van der Waals surface area contributed by atoms with Gasteiger partial charge in [-0.2, -0.15) is 0 Å². The summed E-state index contributed by atoms with van der Waals surface area (Å²) in [5.74, 6) is -0.968. The van der Waals surface area contributed by atoms with Crippen LogP contribution in [0.2, 0.25) is 0 Å². The molecule has 0 aliphatic heterocycles. The number of benzene rings is 3. The van der Waals surface area contributed by atoms with Gasteiger partial charge in [-0.3, -0.25) is 4.79 Å². The number of urea groups is 1. The zero-order valence-corrected chi connectivity index (χ0v) is 24.2. The van der Waals surface area contributed by atoms with Crippen LogP contribution < -0.4 is 20.7 Å². The van der Waals surface area contributed by atoms with Crippen LogP contribution in [0.25, 0.3) is 11.1 Å². The quantitative estimate of drug-likeness (QED) is 0.224. The summed E-state index contributed by atoms with van der Waals surface area (Å²) in [6.07, 6.45) is 4.50. The monoisotopic (exact) mass is 557 g/mol. The SMILES string of the molecule is CCOc1ccc(-c2ccc(C(=O)NC(C(=O)O)C3CCCCC3)c(NC(=O)Nc3c(C)cc(C)cc3C)c2)cc1. The molecule has 8 heteroatoms.